The second-order valence-electron chi connectivity index (χ2n) is 6.37. The van der Waals surface area contributed by atoms with Crippen molar-refractivity contribution < 1.29 is 5.11 Å². The third kappa shape index (κ3) is 5.31. The SMILES string of the molecule is CCCCCCCCCC1=CC=C(O)C(=S)C1c1ccccc1. The molecule has 2 rings (SSSR count). The summed E-state index contributed by atoms with van der Waals surface area (Å²) in [5.41, 5.74) is 2.53. The highest BCUT2D eigenvalue weighted by atomic mass is 32.1. The summed E-state index contributed by atoms with van der Waals surface area (Å²) in [6, 6.07) is 10.3. The van der Waals surface area contributed by atoms with E-state index in [0.29, 0.717) is 4.86 Å². The Bertz CT molecular complexity index is 556. The fourth-order valence-corrected chi connectivity index (χ4v) is 3.56. The van der Waals surface area contributed by atoms with Gasteiger partial charge in [-0.25, -0.2) is 0 Å². The van der Waals surface area contributed by atoms with Crippen LogP contribution in [0.15, 0.2) is 53.8 Å². The Morgan fingerprint density at radius 3 is 2.26 bits per heavy atom. The third-order valence-electron chi connectivity index (χ3n) is 4.54. The fraction of sp³-hybridized carbons (Fsp3) is 0.476. The van der Waals surface area contributed by atoms with Crippen LogP contribution in [0.3, 0.4) is 0 Å². The molecule has 0 aromatic heterocycles. The van der Waals surface area contributed by atoms with Gasteiger partial charge < -0.3 is 5.11 Å². The first-order chi connectivity index (χ1) is 11.2. The van der Waals surface area contributed by atoms with Crippen LogP contribution in [0.2, 0.25) is 0 Å². The van der Waals surface area contributed by atoms with E-state index < -0.39 is 0 Å². The summed E-state index contributed by atoms with van der Waals surface area (Å²) in [6.07, 6.45) is 14.1. The Kier molecular flexibility index (Phi) is 7.54. The van der Waals surface area contributed by atoms with E-state index in [4.69, 9.17) is 12.2 Å². The molecule has 0 aliphatic heterocycles. The quantitative estimate of drug-likeness (QED) is 0.404. The van der Waals surface area contributed by atoms with Gasteiger partial charge in [0, 0.05) is 5.92 Å². The van der Waals surface area contributed by atoms with Crippen molar-refractivity contribution in [3.8, 4) is 0 Å². The molecule has 1 N–H and O–H groups in total. The first-order valence-electron chi connectivity index (χ1n) is 8.93. The number of allylic oxidation sites excluding steroid dienone is 4. The molecule has 1 aromatic carbocycles. The van der Waals surface area contributed by atoms with Crippen molar-refractivity contribution >= 4 is 17.1 Å². The number of hydrogen-bond donors (Lipinski definition) is 1. The maximum absolute atomic E-state index is 9.99. The number of rotatable bonds is 9. The van der Waals surface area contributed by atoms with Crippen molar-refractivity contribution in [1.29, 1.82) is 0 Å². The third-order valence-corrected chi connectivity index (χ3v) is 4.99. The van der Waals surface area contributed by atoms with E-state index in [9.17, 15) is 5.11 Å². The topological polar surface area (TPSA) is 20.2 Å². The minimum absolute atomic E-state index is 0.0660. The van der Waals surface area contributed by atoms with Gasteiger partial charge in [-0.3, -0.25) is 0 Å². The molecule has 0 amide bonds. The Balaban J connectivity index is 1.91. The number of thiocarbonyl (C=S) groups is 1. The van der Waals surface area contributed by atoms with Crippen molar-refractivity contribution in [3.63, 3.8) is 0 Å². The summed E-state index contributed by atoms with van der Waals surface area (Å²) in [5, 5.41) is 9.99. The van der Waals surface area contributed by atoms with Gasteiger partial charge in [-0.05, 0) is 24.5 Å². The molecule has 0 saturated heterocycles. The molecule has 0 heterocycles. The number of hydrogen-bond acceptors (Lipinski definition) is 2. The molecule has 124 valence electrons. The Labute approximate surface area is 146 Å². The van der Waals surface area contributed by atoms with Crippen molar-refractivity contribution in [2.75, 3.05) is 0 Å². The molecule has 0 bridgehead atoms. The maximum Gasteiger partial charge on any atom is 0.130 e. The summed E-state index contributed by atoms with van der Waals surface area (Å²) in [6.45, 7) is 2.26. The molecule has 0 fully saturated rings. The van der Waals surface area contributed by atoms with E-state index in [-0.39, 0.29) is 11.7 Å². The highest BCUT2D eigenvalue weighted by Crippen LogP contribution is 2.34. The molecule has 0 saturated carbocycles. The van der Waals surface area contributed by atoms with Gasteiger partial charge >= 0.3 is 0 Å². The van der Waals surface area contributed by atoms with Crippen molar-refractivity contribution in [2.24, 2.45) is 0 Å². The first kappa shape index (κ1) is 17.9. The van der Waals surface area contributed by atoms with E-state index in [2.05, 4.69) is 25.1 Å². The van der Waals surface area contributed by atoms with Gasteiger partial charge in [0.25, 0.3) is 0 Å². The molecule has 1 aliphatic rings. The Morgan fingerprint density at radius 2 is 1.57 bits per heavy atom. The maximum atomic E-state index is 9.99. The van der Waals surface area contributed by atoms with E-state index in [0.717, 1.165) is 6.42 Å². The van der Waals surface area contributed by atoms with Crippen LogP contribution in [-0.4, -0.2) is 9.97 Å². The lowest BCUT2D eigenvalue weighted by atomic mass is 9.82. The summed E-state index contributed by atoms with van der Waals surface area (Å²) in [4.78, 5) is 0.664. The largest absolute Gasteiger partial charge is 0.507 e. The zero-order valence-electron chi connectivity index (χ0n) is 14.1. The lowest BCUT2D eigenvalue weighted by Gasteiger charge is -2.24. The molecule has 2 heteroatoms. The van der Waals surface area contributed by atoms with Gasteiger partial charge in [0.1, 0.15) is 5.76 Å². The zero-order chi connectivity index (χ0) is 16.5. The van der Waals surface area contributed by atoms with Gasteiger partial charge in [0.15, 0.2) is 0 Å². The van der Waals surface area contributed by atoms with Gasteiger partial charge in [-0.1, -0.05) is 99.6 Å². The molecular weight excluding hydrogens is 300 g/mol. The predicted octanol–water partition coefficient (Wildman–Crippen LogP) is 6.66. The smallest absolute Gasteiger partial charge is 0.130 e. The standard InChI is InChI=1S/C21H28OS/c1-2-3-4-5-6-7-9-14-18-15-16-19(22)21(23)20(18)17-12-10-8-11-13-17/h8,10-13,15-16,20,22H,2-7,9,14H2,1H3. The minimum Gasteiger partial charge on any atom is -0.507 e. The molecule has 1 unspecified atom stereocenters. The van der Waals surface area contributed by atoms with Crippen LogP contribution in [0.4, 0.5) is 0 Å². The number of aliphatic hydroxyl groups excluding tert-OH is 1. The van der Waals surface area contributed by atoms with Crippen LogP contribution in [0.1, 0.15) is 69.8 Å². The summed E-state index contributed by atoms with van der Waals surface area (Å²) >= 11 is 5.50. The highest BCUT2D eigenvalue weighted by molar-refractivity contribution is 7.81. The molecule has 1 nitrogen and oxygen atoms in total. The van der Waals surface area contributed by atoms with Gasteiger partial charge in [-0.15, -0.1) is 0 Å². The summed E-state index contributed by atoms with van der Waals surface area (Å²) < 4.78 is 0. The molecule has 1 aromatic rings. The second kappa shape index (κ2) is 9.67. The average Bonchev–Trinajstić information content (AvgIpc) is 2.58. The van der Waals surface area contributed by atoms with Gasteiger partial charge in [-0.2, -0.15) is 0 Å². The first-order valence-corrected chi connectivity index (χ1v) is 9.33. The van der Waals surface area contributed by atoms with Crippen LogP contribution < -0.4 is 0 Å². The molecule has 1 atom stereocenters. The molecule has 23 heavy (non-hydrogen) atoms. The number of aliphatic hydroxyl groups is 1. The zero-order valence-corrected chi connectivity index (χ0v) is 14.9. The second-order valence-corrected chi connectivity index (χ2v) is 6.81. The van der Waals surface area contributed by atoms with Crippen LogP contribution >= 0.6 is 12.2 Å². The Hall–Kier alpha value is -1.41. The van der Waals surface area contributed by atoms with E-state index in [1.807, 2.05) is 18.2 Å². The lowest BCUT2D eigenvalue weighted by Crippen LogP contribution is -2.18. The molecule has 0 spiro atoms. The van der Waals surface area contributed by atoms with Gasteiger partial charge in [0.05, 0.1) is 4.86 Å². The van der Waals surface area contributed by atoms with Crippen LogP contribution in [-0.2, 0) is 0 Å². The number of benzene rings is 1. The summed E-state index contributed by atoms with van der Waals surface area (Å²) in [7, 11) is 0. The van der Waals surface area contributed by atoms with Crippen LogP contribution in [0, 0.1) is 0 Å². The minimum atomic E-state index is 0.0660. The fourth-order valence-electron chi connectivity index (χ4n) is 3.21. The normalized spacial score (nSPS) is 17.8. The highest BCUT2D eigenvalue weighted by Gasteiger charge is 2.25. The molecular formula is C21H28OS. The monoisotopic (exact) mass is 328 g/mol. The predicted molar refractivity (Wildman–Crippen MR) is 103 cm³/mol. The molecule has 1 aliphatic carbocycles. The van der Waals surface area contributed by atoms with E-state index >= 15 is 0 Å². The Morgan fingerprint density at radius 1 is 0.913 bits per heavy atom. The van der Waals surface area contributed by atoms with Crippen molar-refractivity contribution in [1.82, 2.24) is 0 Å². The molecule has 0 radical (unpaired) electrons. The van der Waals surface area contributed by atoms with Crippen LogP contribution in [0.5, 0.6) is 0 Å². The van der Waals surface area contributed by atoms with E-state index in [1.165, 1.54) is 56.1 Å². The van der Waals surface area contributed by atoms with Crippen molar-refractivity contribution in [2.45, 2.75) is 64.2 Å². The number of unbranched alkanes of at least 4 members (excludes halogenated alkanes) is 6. The average molecular weight is 329 g/mol. The lowest BCUT2D eigenvalue weighted by molar-refractivity contribution is 0.441. The van der Waals surface area contributed by atoms with Gasteiger partial charge in [0.2, 0.25) is 0 Å². The summed E-state index contributed by atoms with van der Waals surface area (Å²) in [5.74, 6) is 0.313. The van der Waals surface area contributed by atoms with E-state index in [1.54, 1.807) is 6.08 Å². The van der Waals surface area contributed by atoms with Crippen molar-refractivity contribution in [3.05, 3.63) is 59.4 Å². The van der Waals surface area contributed by atoms with Crippen LogP contribution in [0.25, 0.3) is 0 Å².